The van der Waals surface area contributed by atoms with Crippen molar-refractivity contribution in [2.45, 2.75) is 30.6 Å². The topological polar surface area (TPSA) is 75.9 Å². The number of para-hydroxylation sites is 2. The van der Waals surface area contributed by atoms with Gasteiger partial charge in [0, 0.05) is 6.54 Å². The Hall–Kier alpha value is -5.34. The van der Waals surface area contributed by atoms with Crippen LogP contribution in [0.2, 0.25) is 0 Å². The fourth-order valence-electron chi connectivity index (χ4n) is 6.59. The van der Waals surface area contributed by atoms with Crippen LogP contribution in [-0.4, -0.2) is 46.0 Å². The van der Waals surface area contributed by atoms with Crippen molar-refractivity contribution < 1.29 is 18.7 Å². The fraction of sp³-hybridized carbons (Fsp3) is 0.195. The molecule has 0 aliphatic carbocycles. The predicted octanol–water partition coefficient (Wildman–Crippen LogP) is 8.72. The highest BCUT2D eigenvalue weighted by molar-refractivity contribution is 8.15. The number of anilines is 1. The van der Waals surface area contributed by atoms with Crippen molar-refractivity contribution in [2.24, 2.45) is 0 Å². The molecule has 1 saturated heterocycles. The zero-order chi connectivity index (χ0) is 33.6. The SMILES string of the molecule is CCCN(CCOc1ccc(CC2SC(=O)N(C(c3ccccc3)(c3ccccc3)c3ccccc3)C2=O)cc1)c1nc2ccccc2o1. The van der Waals surface area contributed by atoms with E-state index in [1.165, 1.54) is 4.90 Å². The van der Waals surface area contributed by atoms with Crippen LogP contribution in [0.5, 0.6) is 5.75 Å². The summed E-state index contributed by atoms with van der Waals surface area (Å²) in [5, 5.41) is -0.823. The van der Waals surface area contributed by atoms with Gasteiger partial charge in [0.1, 0.15) is 23.4 Å². The van der Waals surface area contributed by atoms with Gasteiger partial charge in [0.25, 0.3) is 11.3 Å². The van der Waals surface area contributed by atoms with Gasteiger partial charge in [0.2, 0.25) is 5.91 Å². The summed E-state index contributed by atoms with van der Waals surface area (Å²) in [4.78, 5) is 36.7. The number of nitrogens with zero attached hydrogens (tertiary/aromatic N) is 3. The third kappa shape index (κ3) is 6.44. The number of fused-ring (bicyclic) bond motifs is 1. The van der Waals surface area contributed by atoms with Crippen LogP contribution < -0.4 is 9.64 Å². The van der Waals surface area contributed by atoms with Crippen molar-refractivity contribution in [1.82, 2.24) is 9.88 Å². The molecule has 1 unspecified atom stereocenters. The number of oxazole rings is 1. The third-order valence-electron chi connectivity index (χ3n) is 8.85. The molecular weight excluding hydrogens is 631 g/mol. The summed E-state index contributed by atoms with van der Waals surface area (Å²) >= 11 is 1.10. The lowest BCUT2D eigenvalue weighted by atomic mass is 9.75. The Morgan fingerprint density at radius 1 is 0.755 bits per heavy atom. The number of ether oxygens (including phenoxy) is 1. The predicted molar refractivity (Wildman–Crippen MR) is 195 cm³/mol. The summed E-state index contributed by atoms with van der Waals surface area (Å²) in [7, 11) is 0. The van der Waals surface area contributed by atoms with E-state index in [1.54, 1.807) is 0 Å². The van der Waals surface area contributed by atoms with Crippen LogP contribution in [0.3, 0.4) is 0 Å². The van der Waals surface area contributed by atoms with Gasteiger partial charge in [0.15, 0.2) is 5.58 Å². The van der Waals surface area contributed by atoms with Gasteiger partial charge in [-0.05, 0) is 59.4 Å². The molecule has 7 rings (SSSR count). The summed E-state index contributed by atoms with van der Waals surface area (Å²) in [6, 6.07) is 45.6. The second-order valence-corrected chi connectivity index (χ2v) is 13.2. The number of imide groups is 1. The molecule has 0 spiro atoms. The highest BCUT2D eigenvalue weighted by Crippen LogP contribution is 2.47. The number of hydrogen-bond donors (Lipinski definition) is 0. The van der Waals surface area contributed by atoms with Crippen LogP contribution in [0, 0.1) is 0 Å². The van der Waals surface area contributed by atoms with E-state index in [9.17, 15) is 9.59 Å². The lowest BCUT2D eigenvalue weighted by molar-refractivity contribution is -0.129. The molecule has 246 valence electrons. The molecular formula is C41H37N3O4S. The number of thioether (sulfide) groups is 1. The molecule has 49 heavy (non-hydrogen) atoms. The number of amides is 2. The first-order valence-electron chi connectivity index (χ1n) is 16.6. The smallest absolute Gasteiger partial charge is 0.298 e. The Balaban J connectivity index is 1.08. The van der Waals surface area contributed by atoms with E-state index in [0.29, 0.717) is 25.6 Å². The molecule has 1 aliphatic rings. The molecule has 7 nitrogen and oxygen atoms in total. The van der Waals surface area contributed by atoms with Gasteiger partial charge in [0.05, 0.1) is 11.8 Å². The average molecular weight is 668 g/mol. The van der Waals surface area contributed by atoms with E-state index >= 15 is 0 Å². The Labute approximate surface area is 290 Å². The molecule has 1 atom stereocenters. The summed E-state index contributed by atoms with van der Waals surface area (Å²) < 4.78 is 12.1. The molecule has 2 heterocycles. The number of rotatable bonds is 13. The first kappa shape index (κ1) is 32.2. The minimum absolute atomic E-state index is 0.206. The minimum atomic E-state index is -1.12. The maximum atomic E-state index is 14.4. The van der Waals surface area contributed by atoms with Crippen molar-refractivity contribution in [3.8, 4) is 5.75 Å². The zero-order valence-corrected chi connectivity index (χ0v) is 28.1. The number of benzene rings is 5. The molecule has 0 N–H and O–H groups in total. The van der Waals surface area contributed by atoms with E-state index in [0.717, 1.165) is 63.8 Å². The van der Waals surface area contributed by atoms with Gasteiger partial charge < -0.3 is 14.1 Å². The first-order chi connectivity index (χ1) is 24.1. The molecule has 2 amide bonds. The average Bonchev–Trinajstić information content (AvgIpc) is 3.70. The number of aromatic nitrogens is 1. The first-order valence-corrected chi connectivity index (χ1v) is 17.5. The highest BCUT2D eigenvalue weighted by atomic mass is 32.2. The largest absolute Gasteiger partial charge is 0.492 e. The molecule has 0 bridgehead atoms. The molecule has 5 aromatic carbocycles. The van der Waals surface area contributed by atoms with Gasteiger partial charge >= 0.3 is 0 Å². The van der Waals surface area contributed by atoms with Crippen molar-refractivity contribution >= 4 is 40.0 Å². The van der Waals surface area contributed by atoms with Crippen molar-refractivity contribution in [1.29, 1.82) is 0 Å². The second kappa shape index (κ2) is 14.4. The van der Waals surface area contributed by atoms with E-state index < -0.39 is 10.8 Å². The van der Waals surface area contributed by atoms with Crippen LogP contribution in [0.4, 0.5) is 10.8 Å². The number of carbonyl (C=O) groups is 2. The van der Waals surface area contributed by atoms with Gasteiger partial charge in [-0.3, -0.25) is 14.5 Å². The summed E-state index contributed by atoms with van der Waals surface area (Å²) in [6.45, 7) is 4.01. The molecule has 0 radical (unpaired) electrons. The van der Waals surface area contributed by atoms with Crippen LogP contribution in [0.1, 0.15) is 35.6 Å². The highest BCUT2D eigenvalue weighted by Gasteiger charge is 2.53. The van der Waals surface area contributed by atoms with E-state index in [4.69, 9.17) is 9.15 Å². The quantitative estimate of drug-likeness (QED) is 0.114. The summed E-state index contributed by atoms with van der Waals surface area (Å²) in [5.74, 6) is 0.527. The van der Waals surface area contributed by atoms with Crippen LogP contribution >= 0.6 is 11.8 Å². The lowest BCUT2D eigenvalue weighted by Crippen LogP contribution is -2.51. The molecule has 1 aliphatic heterocycles. The monoisotopic (exact) mass is 667 g/mol. The fourth-order valence-corrected chi connectivity index (χ4v) is 7.65. The van der Waals surface area contributed by atoms with E-state index in [-0.39, 0.29) is 11.1 Å². The Kier molecular flexibility index (Phi) is 9.48. The summed E-state index contributed by atoms with van der Waals surface area (Å²) in [6.07, 6.45) is 1.37. The number of carbonyl (C=O) groups excluding carboxylic acids is 2. The lowest BCUT2D eigenvalue weighted by Gasteiger charge is -2.42. The van der Waals surface area contributed by atoms with Gasteiger partial charge in [-0.1, -0.05) is 134 Å². The van der Waals surface area contributed by atoms with E-state index in [1.807, 2.05) is 140 Å². The number of hydrogen-bond acceptors (Lipinski definition) is 7. The van der Waals surface area contributed by atoms with Crippen molar-refractivity contribution in [2.75, 3.05) is 24.6 Å². The van der Waals surface area contributed by atoms with Gasteiger partial charge in [-0.15, -0.1) is 0 Å². The zero-order valence-electron chi connectivity index (χ0n) is 27.3. The third-order valence-corrected chi connectivity index (χ3v) is 9.89. The van der Waals surface area contributed by atoms with Gasteiger partial charge in [-0.25, -0.2) is 0 Å². The Bertz CT molecular complexity index is 1890. The molecule has 8 heteroatoms. The van der Waals surface area contributed by atoms with Crippen molar-refractivity contribution in [3.05, 3.63) is 162 Å². The van der Waals surface area contributed by atoms with Crippen LogP contribution in [0.15, 0.2) is 144 Å². The minimum Gasteiger partial charge on any atom is -0.492 e. The molecule has 6 aromatic rings. The maximum Gasteiger partial charge on any atom is 0.298 e. The van der Waals surface area contributed by atoms with E-state index in [2.05, 4.69) is 16.8 Å². The van der Waals surface area contributed by atoms with Crippen molar-refractivity contribution in [3.63, 3.8) is 0 Å². The second-order valence-electron chi connectivity index (χ2n) is 12.0. The standard InChI is InChI=1S/C41H37N3O4S/c1-2-26-43(39-42-35-20-12-13-21-36(35)48-39)27-28-47-34-24-22-30(23-25-34)29-37-38(45)44(40(46)49-37)41(31-14-6-3-7-15-31,32-16-8-4-9-17-32)33-18-10-5-11-19-33/h3-25,37H,2,26-29H2,1H3. The van der Waals surface area contributed by atoms with Crippen LogP contribution in [-0.2, 0) is 16.8 Å². The maximum absolute atomic E-state index is 14.4. The van der Waals surface area contributed by atoms with Crippen LogP contribution in [0.25, 0.3) is 11.1 Å². The Morgan fingerprint density at radius 3 is 1.90 bits per heavy atom. The molecule has 0 saturated carbocycles. The van der Waals surface area contributed by atoms with Gasteiger partial charge in [-0.2, -0.15) is 4.98 Å². The molecule has 1 aromatic heterocycles. The Morgan fingerprint density at radius 2 is 1.33 bits per heavy atom. The normalized spacial score (nSPS) is 14.8. The molecule has 1 fully saturated rings. The summed E-state index contributed by atoms with van der Waals surface area (Å²) in [5.41, 5.74) is 3.99.